The molecule has 0 aromatic rings. The average molecular weight is 194 g/mol. The van der Waals surface area contributed by atoms with Crippen LogP contribution >= 0.6 is 0 Å². The van der Waals surface area contributed by atoms with E-state index in [0.29, 0.717) is 0 Å². The SMILES string of the molecule is CC=CS(=O)(=O)O[Si](C)(C)C. The predicted molar refractivity (Wildman–Crippen MR) is 48.2 cm³/mol. The largest absolute Gasteiger partial charge is 0.312 e. The quantitative estimate of drug-likeness (QED) is 0.642. The molecule has 0 heterocycles. The van der Waals surface area contributed by atoms with Crippen LogP contribution in [0, 0.1) is 0 Å². The van der Waals surface area contributed by atoms with E-state index in [1.165, 1.54) is 6.08 Å². The van der Waals surface area contributed by atoms with Crippen LogP contribution in [-0.4, -0.2) is 16.7 Å². The van der Waals surface area contributed by atoms with E-state index in [1.807, 2.05) is 19.6 Å². The summed E-state index contributed by atoms with van der Waals surface area (Å²) in [5.74, 6) is 0. The van der Waals surface area contributed by atoms with Crippen molar-refractivity contribution < 1.29 is 12.3 Å². The predicted octanol–water partition coefficient (Wildman–Crippen LogP) is 1.70. The molecule has 0 saturated carbocycles. The summed E-state index contributed by atoms with van der Waals surface area (Å²) in [4.78, 5) is 0. The molecule has 0 fully saturated rings. The normalized spacial score (nSPS) is 14.2. The van der Waals surface area contributed by atoms with Crippen LogP contribution in [0.2, 0.25) is 19.6 Å². The molecule has 0 aliphatic rings. The molecule has 0 aliphatic heterocycles. The van der Waals surface area contributed by atoms with Crippen molar-refractivity contribution in [2.24, 2.45) is 0 Å². The lowest BCUT2D eigenvalue weighted by Gasteiger charge is -2.14. The summed E-state index contributed by atoms with van der Waals surface area (Å²) >= 11 is 0. The van der Waals surface area contributed by atoms with E-state index in [4.69, 9.17) is 3.87 Å². The van der Waals surface area contributed by atoms with Gasteiger partial charge in [0.1, 0.15) is 0 Å². The molecule has 5 heteroatoms. The van der Waals surface area contributed by atoms with Gasteiger partial charge in [0.15, 0.2) is 0 Å². The number of hydrogen-bond acceptors (Lipinski definition) is 3. The summed E-state index contributed by atoms with van der Waals surface area (Å²) in [5, 5.41) is 1.07. The minimum Gasteiger partial charge on any atom is -0.312 e. The lowest BCUT2D eigenvalue weighted by Crippen LogP contribution is -2.28. The van der Waals surface area contributed by atoms with Gasteiger partial charge in [-0.05, 0) is 26.6 Å². The lowest BCUT2D eigenvalue weighted by molar-refractivity contribution is 0.496. The van der Waals surface area contributed by atoms with E-state index in [0.717, 1.165) is 5.41 Å². The Bertz CT molecular complexity index is 235. The van der Waals surface area contributed by atoms with Gasteiger partial charge in [-0.2, -0.15) is 8.42 Å². The number of allylic oxidation sites excluding steroid dienone is 1. The molecule has 0 bridgehead atoms. The smallest absolute Gasteiger partial charge is 0.280 e. The zero-order chi connectivity index (χ0) is 9.12. The van der Waals surface area contributed by atoms with E-state index in [9.17, 15) is 8.42 Å². The highest BCUT2D eigenvalue weighted by Gasteiger charge is 2.21. The third-order valence-corrected chi connectivity index (χ3v) is 4.20. The Hall–Kier alpha value is -0.133. The van der Waals surface area contributed by atoms with E-state index in [-0.39, 0.29) is 0 Å². The fourth-order valence-corrected chi connectivity index (χ4v) is 3.89. The molecular weight excluding hydrogens is 180 g/mol. The first kappa shape index (κ1) is 10.9. The van der Waals surface area contributed by atoms with Crippen LogP contribution in [0.25, 0.3) is 0 Å². The Morgan fingerprint density at radius 1 is 1.27 bits per heavy atom. The molecule has 0 spiro atoms. The van der Waals surface area contributed by atoms with E-state index < -0.39 is 18.4 Å². The maximum absolute atomic E-state index is 11.0. The Morgan fingerprint density at radius 2 is 1.73 bits per heavy atom. The first-order valence-electron chi connectivity index (χ1n) is 3.35. The molecular formula is C6H14O3SSi. The van der Waals surface area contributed by atoms with E-state index in [1.54, 1.807) is 6.92 Å². The molecule has 0 N–H and O–H groups in total. The third kappa shape index (κ3) is 6.27. The molecule has 0 amide bonds. The van der Waals surface area contributed by atoms with Gasteiger partial charge in [0, 0.05) is 0 Å². The third-order valence-electron chi connectivity index (χ3n) is 0.669. The molecule has 0 aromatic carbocycles. The van der Waals surface area contributed by atoms with Crippen molar-refractivity contribution in [3.05, 3.63) is 11.5 Å². The first-order valence-corrected chi connectivity index (χ1v) is 8.23. The van der Waals surface area contributed by atoms with Gasteiger partial charge in [0.05, 0.1) is 5.41 Å². The van der Waals surface area contributed by atoms with Crippen molar-refractivity contribution in [2.45, 2.75) is 26.6 Å². The molecule has 0 rings (SSSR count). The average Bonchev–Trinajstić information content (AvgIpc) is 1.55. The Labute approximate surface area is 69.3 Å². The minimum absolute atomic E-state index is 1.07. The highest BCUT2D eigenvalue weighted by Crippen LogP contribution is 2.08. The fourth-order valence-electron chi connectivity index (χ4n) is 0.543. The molecule has 3 nitrogen and oxygen atoms in total. The molecule has 66 valence electrons. The van der Waals surface area contributed by atoms with Gasteiger partial charge in [0.2, 0.25) is 8.32 Å². The van der Waals surface area contributed by atoms with Crippen molar-refractivity contribution in [3.8, 4) is 0 Å². The lowest BCUT2D eigenvalue weighted by atomic mass is 10.8. The van der Waals surface area contributed by atoms with Gasteiger partial charge < -0.3 is 3.87 Å². The van der Waals surface area contributed by atoms with Crippen molar-refractivity contribution in [1.82, 2.24) is 0 Å². The summed E-state index contributed by atoms with van der Waals surface area (Å²) in [6.07, 6.45) is 1.45. The topological polar surface area (TPSA) is 43.4 Å². The maximum atomic E-state index is 11.0. The van der Waals surface area contributed by atoms with Crippen LogP contribution in [0.5, 0.6) is 0 Å². The van der Waals surface area contributed by atoms with Gasteiger partial charge in [-0.1, -0.05) is 6.08 Å². The Morgan fingerprint density at radius 3 is 2.00 bits per heavy atom. The van der Waals surface area contributed by atoms with Gasteiger partial charge in [-0.25, -0.2) is 0 Å². The summed E-state index contributed by atoms with van der Waals surface area (Å²) in [5.41, 5.74) is 0. The van der Waals surface area contributed by atoms with Crippen molar-refractivity contribution >= 4 is 18.4 Å². The zero-order valence-electron chi connectivity index (χ0n) is 7.29. The molecule has 0 saturated heterocycles. The van der Waals surface area contributed by atoms with E-state index >= 15 is 0 Å². The van der Waals surface area contributed by atoms with Crippen molar-refractivity contribution in [2.75, 3.05) is 0 Å². The monoisotopic (exact) mass is 194 g/mol. The highest BCUT2D eigenvalue weighted by atomic mass is 32.2. The summed E-state index contributed by atoms with van der Waals surface area (Å²) < 4.78 is 26.8. The minimum atomic E-state index is -3.41. The molecule has 0 radical (unpaired) electrons. The van der Waals surface area contributed by atoms with Gasteiger partial charge in [-0.3, -0.25) is 0 Å². The van der Waals surface area contributed by atoms with Crippen LogP contribution in [0.4, 0.5) is 0 Å². The second-order valence-electron chi connectivity index (χ2n) is 3.16. The van der Waals surface area contributed by atoms with Crippen LogP contribution in [0.1, 0.15) is 6.92 Å². The maximum Gasteiger partial charge on any atom is 0.280 e. The van der Waals surface area contributed by atoms with Crippen LogP contribution in [0.15, 0.2) is 11.5 Å². The summed E-state index contributed by atoms with van der Waals surface area (Å²) in [6, 6.07) is 0. The van der Waals surface area contributed by atoms with Crippen LogP contribution in [-0.2, 0) is 14.0 Å². The van der Waals surface area contributed by atoms with E-state index in [2.05, 4.69) is 0 Å². The Kier molecular flexibility index (Phi) is 3.47. The number of hydrogen-bond donors (Lipinski definition) is 0. The molecule has 0 aliphatic carbocycles. The molecule has 11 heavy (non-hydrogen) atoms. The van der Waals surface area contributed by atoms with Gasteiger partial charge >= 0.3 is 0 Å². The second-order valence-corrected chi connectivity index (χ2v) is 9.31. The van der Waals surface area contributed by atoms with Gasteiger partial charge in [-0.15, -0.1) is 0 Å². The van der Waals surface area contributed by atoms with Gasteiger partial charge in [0.25, 0.3) is 10.1 Å². The second kappa shape index (κ2) is 3.51. The number of rotatable bonds is 3. The van der Waals surface area contributed by atoms with Crippen LogP contribution in [0.3, 0.4) is 0 Å². The summed E-state index contributed by atoms with van der Waals surface area (Å²) in [6.45, 7) is 7.13. The standard InChI is InChI=1S/C6H14O3SSi/c1-5-6-10(7,8)9-11(2,3)4/h5-6H,1-4H3. The van der Waals surface area contributed by atoms with Crippen LogP contribution < -0.4 is 0 Å². The Balaban J connectivity index is 4.39. The molecule has 0 atom stereocenters. The molecule has 0 unspecified atom stereocenters. The van der Waals surface area contributed by atoms with Crippen molar-refractivity contribution in [3.63, 3.8) is 0 Å². The highest BCUT2D eigenvalue weighted by molar-refractivity contribution is 7.90. The first-order chi connectivity index (χ1) is 4.77. The molecule has 0 aromatic heterocycles. The van der Waals surface area contributed by atoms with Crippen molar-refractivity contribution in [1.29, 1.82) is 0 Å². The summed E-state index contributed by atoms with van der Waals surface area (Å²) in [7, 11) is -5.38. The zero-order valence-corrected chi connectivity index (χ0v) is 9.10. The fraction of sp³-hybridized carbons (Fsp3) is 0.667.